The van der Waals surface area contributed by atoms with Crippen LogP contribution in [0.3, 0.4) is 0 Å². The number of nitrogens with zero attached hydrogens (tertiary/aromatic N) is 1. The van der Waals surface area contributed by atoms with E-state index in [4.69, 9.17) is 10.5 Å². The molecule has 0 bridgehead atoms. The van der Waals surface area contributed by atoms with Crippen LogP contribution in [0.2, 0.25) is 0 Å². The van der Waals surface area contributed by atoms with Crippen LogP contribution in [0.15, 0.2) is 18.2 Å². The third-order valence-corrected chi connectivity index (χ3v) is 3.67. The van der Waals surface area contributed by atoms with E-state index in [0.29, 0.717) is 5.92 Å². The van der Waals surface area contributed by atoms with Crippen LogP contribution >= 0.6 is 0 Å². The predicted molar refractivity (Wildman–Crippen MR) is 80.7 cm³/mol. The summed E-state index contributed by atoms with van der Waals surface area (Å²) >= 11 is 0. The molecule has 0 aliphatic carbocycles. The van der Waals surface area contributed by atoms with E-state index in [1.165, 1.54) is 25.9 Å². The van der Waals surface area contributed by atoms with Crippen molar-refractivity contribution in [1.82, 2.24) is 4.90 Å². The van der Waals surface area contributed by atoms with Crippen molar-refractivity contribution >= 4 is 11.4 Å². The molecule has 0 aromatic heterocycles. The van der Waals surface area contributed by atoms with Crippen LogP contribution in [0, 0.1) is 5.92 Å². The Balaban J connectivity index is 1.83. The maximum absolute atomic E-state index is 5.97. The Morgan fingerprint density at radius 1 is 1.37 bits per heavy atom. The Kier molecular flexibility index (Phi) is 4.91. The standard InChI is InChI=1S/C15H25N3O/c1-12(11-18-7-3-4-8-18)10-17-15-9-13(19-2)5-6-14(15)16/h5-6,9,12,17H,3-4,7-8,10-11,16H2,1-2H3. The van der Waals surface area contributed by atoms with E-state index in [0.717, 1.165) is 30.2 Å². The predicted octanol–water partition coefficient (Wildman–Crippen LogP) is 2.42. The molecule has 1 aromatic carbocycles. The van der Waals surface area contributed by atoms with Crippen LogP contribution < -0.4 is 15.8 Å². The van der Waals surface area contributed by atoms with Crippen LogP contribution in [0.4, 0.5) is 11.4 Å². The van der Waals surface area contributed by atoms with Gasteiger partial charge in [-0.15, -0.1) is 0 Å². The first-order valence-electron chi connectivity index (χ1n) is 7.09. The van der Waals surface area contributed by atoms with Crippen LogP contribution in [0.25, 0.3) is 0 Å². The number of nitrogen functional groups attached to an aromatic ring is 1. The zero-order valence-electron chi connectivity index (χ0n) is 12.0. The number of ether oxygens (including phenoxy) is 1. The van der Waals surface area contributed by atoms with Gasteiger partial charge < -0.3 is 20.7 Å². The van der Waals surface area contributed by atoms with Gasteiger partial charge in [0.15, 0.2) is 0 Å². The fraction of sp³-hybridized carbons (Fsp3) is 0.600. The quantitative estimate of drug-likeness (QED) is 0.774. The summed E-state index contributed by atoms with van der Waals surface area (Å²) in [5.74, 6) is 1.45. The monoisotopic (exact) mass is 263 g/mol. The number of hydrogen-bond donors (Lipinski definition) is 2. The lowest BCUT2D eigenvalue weighted by Crippen LogP contribution is -2.29. The lowest BCUT2D eigenvalue weighted by Gasteiger charge is -2.21. The van der Waals surface area contributed by atoms with E-state index >= 15 is 0 Å². The van der Waals surface area contributed by atoms with Gasteiger partial charge in [0.05, 0.1) is 18.5 Å². The first kappa shape index (κ1) is 14.0. The molecule has 4 nitrogen and oxygen atoms in total. The summed E-state index contributed by atoms with van der Waals surface area (Å²) in [5.41, 5.74) is 7.70. The minimum atomic E-state index is 0.615. The SMILES string of the molecule is COc1ccc(N)c(NCC(C)CN2CCCC2)c1. The summed E-state index contributed by atoms with van der Waals surface area (Å²) in [7, 11) is 1.67. The van der Waals surface area contributed by atoms with E-state index in [9.17, 15) is 0 Å². The molecule has 1 heterocycles. The summed E-state index contributed by atoms with van der Waals surface area (Å²) in [4.78, 5) is 2.54. The first-order chi connectivity index (χ1) is 9.19. The van der Waals surface area contributed by atoms with Crippen LogP contribution in [0.5, 0.6) is 5.75 Å². The minimum absolute atomic E-state index is 0.615. The van der Waals surface area contributed by atoms with E-state index in [1.807, 2.05) is 18.2 Å². The van der Waals surface area contributed by atoms with E-state index in [-0.39, 0.29) is 0 Å². The molecule has 0 radical (unpaired) electrons. The van der Waals surface area contributed by atoms with Gasteiger partial charge in [0.1, 0.15) is 5.75 Å². The molecule has 1 aliphatic heterocycles. The second-order valence-corrected chi connectivity index (χ2v) is 5.45. The zero-order chi connectivity index (χ0) is 13.7. The largest absolute Gasteiger partial charge is 0.497 e. The van der Waals surface area contributed by atoms with Crippen molar-refractivity contribution < 1.29 is 4.74 Å². The number of likely N-dealkylation sites (tertiary alicyclic amines) is 1. The van der Waals surface area contributed by atoms with Crippen molar-refractivity contribution in [3.05, 3.63) is 18.2 Å². The number of methoxy groups -OCH3 is 1. The Hall–Kier alpha value is -1.42. The average Bonchev–Trinajstić information content (AvgIpc) is 2.90. The maximum Gasteiger partial charge on any atom is 0.121 e. The highest BCUT2D eigenvalue weighted by molar-refractivity contribution is 5.68. The molecule has 2 rings (SSSR count). The first-order valence-corrected chi connectivity index (χ1v) is 7.09. The van der Waals surface area contributed by atoms with Gasteiger partial charge in [0.25, 0.3) is 0 Å². The lowest BCUT2D eigenvalue weighted by atomic mass is 10.1. The van der Waals surface area contributed by atoms with E-state index in [2.05, 4.69) is 17.1 Å². The maximum atomic E-state index is 5.97. The summed E-state index contributed by atoms with van der Waals surface area (Å²) in [6.07, 6.45) is 2.70. The molecule has 1 aliphatic rings. The molecule has 1 aromatic rings. The molecule has 0 saturated carbocycles. The van der Waals surface area contributed by atoms with E-state index < -0.39 is 0 Å². The molecule has 1 atom stereocenters. The molecular weight excluding hydrogens is 238 g/mol. The fourth-order valence-corrected chi connectivity index (χ4v) is 2.57. The van der Waals surface area contributed by atoms with Crippen LogP contribution in [0.1, 0.15) is 19.8 Å². The topological polar surface area (TPSA) is 50.5 Å². The highest BCUT2D eigenvalue weighted by Crippen LogP contribution is 2.24. The molecule has 19 heavy (non-hydrogen) atoms. The second kappa shape index (κ2) is 6.66. The molecule has 3 N–H and O–H groups in total. The van der Waals surface area contributed by atoms with Gasteiger partial charge in [0.2, 0.25) is 0 Å². The molecular formula is C15H25N3O. The van der Waals surface area contributed by atoms with E-state index in [1.54, 1.807) is 7.11 Å². The van der Waals surface area contributed by atoms with Crippen molar-refractivity contribution in [2.75, 3.05) is 44.3 Å². The fourth-order valence-electron chi connectivity index (χ4n) is 2.57. The van der Waals surface area contributed by atoms with Crippen molar-refractivity contribution in [2.24, 2.45) is 5.92 Å². The van der Waals surface area contributed by atoms with Gasteiger partial charge in [-0.25, -0.2) is 0 Å². The molecule has 0 amide bonds. The number of nitrogens with one attached hydrogen (secondary N) is 1. The zero-order valence-corrected chi connectivity index (χ0v) is 12.0. The Labute approximate surface area is 115 Å². The molecule has 106 valence electrons. The Bertz CT molecular complexity index is 402. The number of rotatable bonds is 6. The van der Waals surface area contributed by atoms with Gasteiger partial charge in [-0.05, 0) is 44.0 Å². The summed E-state index contributed by atoms with van der Waals surface area (Å²) in [6, 6.07) is 5.72. The molecule has 1 saturated heterocycles. The summed E-state index contributed by atoms with van der Waals surface area (Å²) < 4.78 is 5.22. The summed E-state index contributed by atoms with van der Waals surface area (Å²) in [5, 5.41) is 3.43. The third kappa shape index (κ3) is 4.03. The summed E-state index contributed by atoms with van der Waals surface area (Å²) in [6.45, 7) is 6.89. The van der Waals surface area contributed by atoms with Gasteiger partial charge >= 0.3 is 0 Å². The number of hydrogen-bond acceptors (Lipinski definition) is 4. The molecule has 1 unspecified atom stereocenters. The number of anilines is 2. The third-order valence-electron chi connectivity index (χ3n) is 3.67. The minimum Gasteiger partial charge on any atom is -0.497 e. The smallest absolute Gasteiger partial charge is 0.121 e. The number of benzene rings is 1. The van der Waals surface area contributed by atoms with Gasteiger partial charge in [-0.3, -0.25) is 0 Å². The highest BCUT2D eigenvalue weighted by Gasteiger charge is 2.14. The lowest BCUT2D eigenvalue weighted by molar-refractivity contribution is 0.294. The van der Waals surface area contributed by atoms with Crippen molar-refractivity contribution in [2.45, 2.75) is 19.8 Å². The van der Waals surface area contributed by atoms with Crippen molar-refractivity contribution in [3.8, 4) is 5.75 Å². The van der Waals surface area contributed by atoms with Crippen LogP contribution in [-0.4, -0.2) is 38.2 Å². The van der Waals surface area contributed by atoms with Gasteiger partial charge in [-0.2, -0.15) is 0 Å². The average molecular weight is 263 g/mol. The van der Waals surface area contributed by atoms with Crippen molar-refractivity contribution in [3.63, 3.8) is 0 Å². The van der Waals surface area contributed by atoms with Crippen molar-refractivity contribution in [1.29, 1.82) is 0 Å². The van der Waals surface area contributed by atoms with Gasteiger partial charge in [0, 0.05) is 19.2 Å². The Morgan fingerprint density at radius 3 is 2.79 bits per heavy atom. The number of nitrogens with two attached hydrogens (primary N) is 1. The van der Waals surface area contributed by atoms with Gasteiger partial charge in [-0.1, -0.05) is 6.92 Å². The molecule has 1 fully saturated rings. The normalized spacial score (nSPS) is 17.4. The second-order valence-electron chi connectivity index (χ2n) is 5.45. The van der Waals surface area contributed by atoms with Crippen LogP contribution in [-0.2, 0) is 0 Å². The Morgan fingerprint density at radius 2 is 2.11 bits per heavy atom. The molecule has 4 heteroatoms. The molecule has 0 spiro atoms. The highest BCUT2D eigenvalue weighted by atomic mass is 16.5.